The molecule has 0 spiro atoms. The van der Waals surface area contributed by atoms with Gasteiger partial charge in [-0.2, -0.15) is 0 Å². The predicted octanol–water partition coefficient (Wildman–Crippen LogP) is 5.10. The van der Waals surface area contributed by atoms with Crippen LogP contribution in [0.15, 0.2) is 0 Å². The van der Waals surface area contributed by atoms with Crippen molar-refractivity contribution in [2.45, 2.75) is 49.0 Å². The lowest BCUT2D eigenvalue weighted by molar-refractivity contribution is 0.402. The third kappa shape index (κ3) is 17.0. The van der Waals surface area contributed by atoms with E-state index in [4.69, 9.17) is 0 Å². The smallest absolute Gasteiger partial charge is 0.00419 e. The summed E-state index contributed by atoms with van der Waals surface area (Å²) >= 11 is 0. The van der Waals surface area contributed by atoms with Gasteiger partial charge in [0, 0.05) is 11.5 Å². The lowest BCUT2D eigenvalue weighted by Gasteiger charge is -2.16. The van der Waals surface area contributed by atoms with E-state index in [0.29, 0.717) is 5.41 Å². The van der Waals surface area contributed by atoms with Gasteiger partial charge in [-0.05, 0) is 11.8 Å². The molecule has 0 aromatic heterocycles. The van der Waals surface area contributed by atoms with Gasteiger partial charge in [0.1, 0.15) is 0 Å². The van der Waals surface area contributed by atoms with Crippen LogP contribution < -0.4 is 0 Å². The van der Waals surface area contributed by atoms with Gasteiger partial charge in [-0.1, -0.05) is 64.1 Å². The Hall–Kier alpha value is 0.700. The van der Waals surface area contributed by atoms with Crippen molar-refractivity contribution in [2.75, 3.05) is 11.5 Å². The van der Waals surface area contributed by atoms with Crippen molar-refractivity contribution in [1.82, 2.24) is 0 Å². The molecule has 0 saturated carbocycles. The van der Waals surface area contributed by atoms with E-state index in [1.165, 1.54) is 17.9 Å². The van der Waals surface area contributed by atoms with E-state index in [0.717, 1.165) is 0 Å². The van der Waals surface area contributed by atoms with Crippen molar-refractivity contribution in [1.29, 1.82) is 0 Å². The monoisotopic (exact) mass is 210 g/mol. The average molecular weight is 210 g/mol. The second-order valence-electron chi connectivity index (χ2n) is 3.54. The van der Waals surface area contributed by atoms with Crippen LogP contribution in [0.4, 0.5) is 0 Å². The topological polar surface area (TPSA) is 0 Å². The highest BCUT2D eigenvalue weighted by Crippen LogP contribution is 2.27. The maximum absolute atomic E-state index is 2.30. The second kappa shape index (κ2) is 9.79. The van der Waals surface area contributed by atoms with E-state index in [2.05, 4.69) is 27.7 Å². The highest BCUT2D eigenvalue weighted by molar-refractivity contribution is 8.76. The van der Waals surface area contributed by atoms with Crippen LogP contribution in [-0.4, -0.2) is 11.5 Å². The summed E-state index contributed by atoms with van der Waals surface area (Å²) in [6, 6.07) is 0. The fraction of sp³-hybridized carbons (Fsp3) is 1.00. The second-order valence-corrected chi connectivity index (χ2v) is 6.41. The molecule has 0 heterocycles. The summed E-state index contributed by atoms with van der Waals surface area (Å²) in [6.07, 6.45) is 1.32. The molecule has 0 rings (SSSR count). The zero-order valence-electron chi connectivity index (χ0n) is 7.44. The predicted molar refractivity (Wildman–Crippen MR) is 68.1 cm³/mol. The van der Waals surface area contributed by atoms with E-state index in [9.17, 15) is 0 Å². The highest BCUT2D eigenvalue weighted by Gasteiger charge is 2.08. The summed E-state index contributed by atoms with van der Waals surface area (Å²) in [5, 5.41) is 0. The summed E-state index contributed by atoms with van der Waals surface area (Å²) in [5.41, 5.74) is 0.515. The van der Waals surface area contributed by atoms with Gasteiger partial charge in [0.2, 0.25) is 0 Å². The van der Waals surface area contributed by atoms with Gasteiger partial charge in [0.05, 0.1) is 0 Å². The number of hydrogen-bond acceptors (Lipinski definition) is 2. The molecule has 0 N–H and O–H groups in total. The molecule has 0 nitrogen and oxygen atoms in total. The van der Waals surface area contributed by atoms with E-state index >= 15 is 0 Å². The van der Waals surface area contributed by atoms with Gasteiger partial charge in [-0.3, -0.25) is 0 Å². The largest absolute Gasteiger partial charge is 0.0944 e. The molecule has 0 aliphatic rings. The molecule has 0 fully saturated rings. The molecular weight excluding hydrogens is 184 g/mol. The molecule has 0 amide bonds. The SMILES string of the molecule is C.C.CCSSCCC(C)(C)C. The molecule has 0 aromatic rings. The Morgan fingerprint density at radius 3 is 1.83 bits per heavy atom. The molecule has 78 valence electrons. The zero-order chi connectivity index (χ0) is 8.04. The first-order valence-corrected chi connectivity index (χ1v) is 6.29. The fourth-order valence-electron chi connectivity index (χ4n) is 0.490. The minimum Gasteiger partial charge on any atom is -0.0944 e. The molecule has 0 bridgehead atoms. The van der Waals surface area contributed by atoms with Crippen LogP contribution in [0, 0.1) is 5.41 Å². The highest BCUT2D eigenvalue weighted by atomic mass is 33.1. The summed E-state index contributed by atoms with van der Waals surface area (Å²) in [7, 11) is 3.96. The average Bonchev–Trinajstić information content (AvgIpc) is 1.78. The van der Waals surface area contributed by atoms with Crippen molar-refractivity contribution < 1.29 is 0 Å². The van der Waals surface area contributed by atoms with Gasteiger partial charge >= 0.3 is 0 Å². The lowest BCUT2D eigenvalue weighted by atomic mass is 9.94. The van der Waals surface area contributed by atoms with E-state index < -0.39 is 0 Å². The quantitative estimate of drug-likeness (QED) is 0.468. The molecule has 12 heavy (non-hydrogen) atoms. The molecular formula is C10H26S2. The summed E-state index contributed by atoms with van der Waals surface area (Å²) in [4.78, 5) is 0. The standard InChI is InChI=1S/C8H18S2.2CH4/c1-5-9-10-7-6-8(2,3)4;;/h5-7H2,1-4H3;2*1H4. The maximum Gasteiger partial charge on any atom is 0.00419 e. The Bertz CT molecular complexity index is 74.4. The Morgan fingerprint density at radius 2 is 1.50 bits per heavy atom. The van der Waals surface area contributed by atoms with E-state index in [1.807, 2.05) is 21.6 Å². The maximum atomic E-state index is 2.30. The van der Waals surface area contributed by atoms with Gasteiger partial charge in [-0.25, -0.2) is 0 Å². The minimum absolute atomic E-state index is 0. The molecule has 0 atom stereocenters. The first-order valence-electron chi connectivity index (χ1n) is 3.80. The van der Waals surface area contributed by atoms with Crippen LogP contribution in [0.5, 0.6) is 0 Å². The van der Waals surface area contributed by atoms with Crippen molar-refractivity contribution in [3.63, 3.8) is 0 Å². The summed E-state index contributed by atoms with van der Waals surface area (Å²) in [6.45, 7) is 9.09. The Morgan fingerprint density at radius 1 is 1.00 bits per heavy atom. The normalized spacial score (nSPS) is 10.0. The van der Waals surface area contributed by atoms with Crippen molar-refractivity contribution in [3.05, 3.63) is 0 Å². The first kappa shape index (κ1) is 18.5. The first-order chi connectivity index (χ1) is 4.56. The van der Waals surface area contributed by atoms with Crippen LogP contribution in [0.1, 0.15) is 49.0 Å². The lowest BCUT2D eigenvalue weighted by Crippen LogP contribution is -2.05. The molecule has 2 heteroatoms. The van der Waals surface area contributed by atoms with Crippen molar-refractivity contribution >= 4 is 21.6 Å². The molecule has 0 saturated heterocycles. The zero-order valence-corrected chi connectivity index (χ0v) is 9.07. The van der Waals surface area contributed by atoms with Crippen LogP contribution >= 0.6 is 21.6 Å². The Kier molecular flexibility index (Phi) is 15.1. The Labute approximate surface area is 87.7 Å². The molecule has 0 unspecified atom stereocenters. The van der Waals surface area contributed by atoms with Crippen molar-refractivity contribution in [3.8, 4) is 0 Å². The summed E-state index contributed by atoms with van der Waals surface area (Å²) in [5.74, 6) is 2.52. The summed E-state index contributed by atoms with van der Waals surface area (Å²) < 4.78 is 0. The Balaban J connectivity index is -0.000000405. The van der Waals surface area contributed by atoms with Crippen LogP contribution in [0.25, 0.3) is 0 Å². The third-order valence-corrected chi connectivity index (χ3v) is 3.62. The minimum atomic E-state index is 0. The molecule has 0 aliphatic carbocycles. The third-order valence-electron chi connectivity index (χ3n) is 1.14. The number of hydrogen-bond donors (Lipinski definition) is 0. The fourth-order valence-corrected chi connectivity index (χ4v) is 2.57. The van der Waals surface area contributed by atoms with Crippen LogP contribution in [-0.2, 0) is 0 Å². The van der Waals surface area contributed by atoms with Gasteiger partial charge in [0.25, 0.3) is 0 Å². The van der Waals surface area contributed by atoms with Crippen molar-refractivity contribution in [2.24, 2.45) is 5.41 Å². The van der Waals surface area contributed by atoms with E-state index in [-0.39, 0.29) is 14.9 Å². The van der Waals surface area contributed by atoms with E-state index in [1.54, 1.807) is 0 Å². The van der Waals surface area contributed by atoms with Gasteiger partial charge < -0.3 is 0 Å². The van der Waals surface area contributed by atoms with Gasteiger partial charge in [0.15, 0.2) is 0 Å². The number of rotatable bonds is 4. The van der Waals surface area contributed by atoms with Crippen LogP contribution in [0.2, 0.25) is 0 Å². The van der Waals surface area contributed by atoms with Gasteiger partial charge in [-0.15, -0.1) is 0 Å². The molecule has 0 radical (unpaired) electrons. The molecule has 0 aromatic carbocycles. The molecule has 0 aliphatic heterocycles. The van der Waals surface area contributed by atoms with Crippen LogP contribution in [0.3, 0.4) is 0 Å².